The number of nitrogens with one attached hydrogen (secondary N) is 1. The van der Waals surface area contributed by atoms with E-state index in [4.69, 9.17) is 5.73 Å². The Morgan fingerprint density at radius 2 is 1.90 bits per heavy atom. The molecule has 0 fully saturated rings. The molecule has 1 heterocycles. The molecule has 5 nitrogen and oxygen atoms in total. The number of nitrogens with zero attached hydrogens (tertiary/aromatic N) is 2. The van der Waals surface area contributed by atoms with Gasteiger partial charge in [-0.15, -0.1) is 0 Å². The van der Waals surface area contributed by atoms with E-state index in [0.29, 0.717) is 0 Å². The number of hydrogen-bond donors (Lipinski definition) is 2. The normalized spacial score (nSPS) is 16.4. The minimum absolute atomic E-state index is 0.300. The van der Waals surface area contributed by atoms with Crippen LogP contribution in [-0.4, -0.2) is 24.6 Å². The number of rotatable bonds is 3. The first-order valence-corrected chi connectivity index (χ1v) is 6.65. The Morgan fingerprint density at radius 3 is 2.62 bits per heavy atom. The molecule has 2 aromatic carbocycles. The van der Waals surface area contributed by atoms with Crippen molar-refractivity contribution >= 4 is 35.4 Å². The number of carbonyl (C=O) groups excluding carboxylic acids is 1. The van der Waals surface area contributed by atoms with Gasteiger partial charge in [-0.1, -0.05) is 0 Å². The summed E-state index contributed by atoms with van der Waals surface area (Å²) >= 11 is 0. The molecule has 21 heavy (non-hydrogen) atoms. The highest BCUT2D eigenvalue weighted by molar-refractivity contribution is 5.79. The molecule has 1 aliphatic heterocycles. The number of likely N-dealkylation sites (N-methyl/N-ethyl adjacent to an activating group) is 1. The number of anilines is 3. The van der Waals surface area contributed by atoms with Crippen molar-refractivity contribution in [1.82, 2.24) is 4.90 Å². The van der Waals surface area contributed by atoms with Crippen molar-refractivity contribution < 1.29 is 4.79 Å². The van der Waals surface area contributed by atoms with E-state index in [-0.39, 0.29) is 6.04 Å². The monoisotopic (exact) mass is 280 g/mol. The lowest BCUT2D eigenvalue weighted by molar-refractivity contribution is -0.111. The first-order valence-electron chi connectivity index (χ1n) is 6.65. The van der Waals surface area contributed by atoms with Crippen LogP contribution in [0.1, 0.15) is 11.6 Å². The maximum absolute atomic E-state index is 11.3. The average molecular weight is 280 g/mol. The van der Waals surface area contributed by atoms with Gasteiger partial charge >= 0.3 is 0 Å². The Bertz CT molecular complexity index is 694. The molecule has 5 heteroatoms. The van der Waals surface area contributed by atoms with E-state index in [9.17, 15) is 4.79 Å². The van der Waals surface area contributed by atoms with Gasteiger partial charge in [0.2, 0.25) is 0 Å². The van der Waals surface area contributed by atoms with Crippen LogP contribution in [-0.2, 0) is 4.79 Å². The van der Waals surface area contributed by atoms with Gasteiger partial charge in [-0.3, -0.25) is 0 Å². The molecular weight excluding hydrogens is 264 g/mol. The summed E-state index contributed by atoms with van der Waals surface area (Å²) < 4.78 is 0. The van der Waals surface area contributed by atoms with Crippen molar-refractivity contribution in [3.05, 3.63) is 48.0 Å². The van der Waals surface area contributed by atoms with Crippen molar-refractivity contribution in [3.8, 4) is 0 Å². The zero-order chi connectivity index (χ0) is 14.8. The lowest BCUT2D eigenvalue weighted by atomic mass is 10.0. The van der Waals surface area contributed by atoms with E-state index in [1.54, 1.807) is 11.2 Å². The van der Waals surface area contributed by atoms with E-state index in [0.717, 1.165) is 34.6 Å². The maximum atomic E-state index is 11.3. The fourth-order valence-corrected chi connectivity index (χ4v) is 2.33. The van der Waals surface area contributed by atoms with Gasteiger partial charge in [0.05, 0.1) is 12.0 Å². The van der Waals surface area contributed by atoms with E-state index in [1.807, 2.05) is 49.5 Å². The quantitative estimate of drug-likeness (QED) is 0.670. The largest absolute Gasteiger partial charge is 0.399 e. The summed E-state index contributed by atoms with van der Waals surface area (Å²) in [5.74, 6) is 0. The first kappa shape index (κ1) is 13.2. The second-order valence-electron chi connectivity index (χ2n) is 5.01. The first-order chi connectivity index (χ1) is 10.2. The van der Waals surface area contributed by atoms with Crippen LogP contribution >= 0.6 is 0 Å². The van der Waals surface area contributed by atoms with Crippen LogP contribution in [0.4, 0.5) is 22.7 Å². The Hall–Kier alpha value is -2.82. The number of nitrogens with two attached hydrogens (primary N) is 1. The van der Waals surface area contributed by atoms with Gasteiger partial charge in [0.15, 0.2) is 0 Å². The van der Waals surface area contributed by atoms with E-state index in [2.05, 4.69) is 10.3 Å². The molecule has 1 atom stereocenters. The van der Waals surface area contributed by atoms with Gasteiger partial charge in [0, 0.05) is 29.7 Å². The Kier molecular flexibility index (Phi) is 3.31. The number of hydrogen-bond acceptors (Lipinski definition) is 5. The van der Waals surface area contributed by atoms with Crippen LogP contribution in [0.5, 0.6) is 0 Å². The number of aliphatic imine (C=N–C) groups is 1. The molecule has 0 bridgehead atoms. The molecule has 0 radical (unpaired) electrons. The van der Waals surface area contributed by atoms with Crippen molar-refractivity contribution in [2.45, 2.75) is 6.04 Å². The third-order valence-corrected chi connectivity index (χ3v) is 3.49. The molecule has 0 spiro atoms. The summed E-state index contributed by atoms with van der Waals surface area (Å²) in [4.78, 5) is 17.4. The van der Waals surface area contributed by atoms with Crippen LogP contribution in [0.25, 0.3) is 0 Å². The maximum Gasteiger partial charge on any atom is 0.147 e. The number of carbonyl (C=O) groups is 1. The van der Waals surface area contributed by atoms with E-state index in [1.165, 1.54) is 0 Å². The summed E-state index contributed by atoms with van der Waals surface area (Å²) in [5.41, 5.74) is 9.98. The zero-order valence-corrected chi connectivity index (χ0v) is 11.7. The Morgan fingerprint density at radius 1 is 1.19 bits per heavy atom. The molecule has 0 aliphatic carbocycles. The molecule has 106 valence electrons. The fourth-order valence-electron chi connectivity index (χ4n) is 2.33. The molecule has 0 saturated heterocycles. The van der Waals surface area contributed by atoms with E-state index < -0.39 is 0 Å². The van der Waals surface area contributed by atoms with Crippen LogP contribution in [0.3, 0.4) is 0 Å². The zero-order valence-electron chi connectivity index (χ0n) is 11.7. The second-order valence-corrected chi connectivity index (χ2v) is 5.01. The summed E-state index contributed by atoms with van der Waals surface area (Å²) in [5, 5.41) is 3.30. The van der Waals surface area contributed by atoms with Gasteiger partial charge in [-0.05, 0) is 42.5 Å². The number of nitrogen functional groups attached to an aromatic ring is 1. The second kappa shape index (κ2) is 5.28. The van der Waals surface area contributed by atoms with Crippen LogP contribution in [0.2, 0.25) is 0 Å². The highest BCUT2D eigenvalue weighted by Gasteiger charge is 2.21. The summed E-state index contributed by atoms with van der Waals surface area (Å²) in [6, 6.07) is 13.0. The summed E-state index contributed by atoms with van der Waals surface area (Å²) in [7, 11) is 1.84. The predicted octanol–water partition coefficient (Wildman–Crippen LogP) is 2.86. The molecule has 2 aromatic rings. The topological polar surface area (TPSA) is 70.7 Å². The van der Waals surface area contributed by atoms with Crippen LogP contribution in [0.15, 0.2) is 47.5 Å². The predicted molar refractivity (Wildman–Crippen MR) is 85.3 cm³/mol. The minimum atomic E-state index is -0.300. The Labute approximate surface area is 123 Å². The van der Waals surface area contributed by atoms with Gasteiger partial charge < -0.3 is 20.7 Å². The van der Waals surface area contributed by atoms with Gasteiger partial charge in [0.25, 0.3) is 0 Å². The van der Waals surface area contributed by atoms with Gasteiger partial charge in [-0.2, -0.15) is 0 Å². The third-order valence-electron chi connectivity index (χ3n) is 3.49. The highest BCUT2D eigenvalue weighted by Crippen LogP contribution is 2.34. The van der Waals surface area contributed by atoms with Gasteiger partial charge in [0.1, 0.15) is 12.3 Å². The van der Waals surface area contributed by atoms with Gasteiger partial charge in [-0.25, -0.2) is 4.99 Å². The lowest BCUT2D eigenvalue weighted by Gasteiger charge is -2.27. The van der Waals surface area contributed by atoms with Crippen molar-refractivity contribution in [2.75, 3.05) is 18.1 Å². The standard InChI is InChI=1S/C16H16N4O/c1-20-10-18-15-7-6-13(8-14(15)16(20)9-21)19-12-4-2-11(17)3-5-12/h2-10,16,19H,17H2,1H3. The third kappa shape index (κ3) is 2.58. The highest BCUT2D eigenvalue weighted by atomic mass is 16.1. The SMILES string of the molecule is CN1C=Nc2ccc(Nc3ccc(N)cc3)cc2C1C=O. The number of benzene rings is 2. The van der Waals surface area contributed by atoms with Crippen molar-refractivity contribution in [3.63, 3.8) is 0 Å². The molecule has 3 N–H and O–H groups in total. The molecular formula is C16H16N4O. The fraction of sp³-hybridized carbons (Fsp3) is 0.125. The lowest BCUT2D eigenvalue weighted by Crippen LogP contribution is -2.26. The van der Waals surface area contributed by atoms with Crippen molar-refractivity contribution in [2.24, 2.45) is 4.99 Å². The summed E-state index contributed by atoms with van der Waals surface area (Å²) in [6.07, 6.45) is 2.60. The average Bonchev–Trinajstić information content (AvgIpc) is 2.49. The number of fused-ring (bicyclic) bond motifs is 1. The molecule has 1 aliphatic rings. The number of aldehydes is 1. The minimum Gasteiger partial charge on any atom is -0.399 e. The summed E-state index contributed by atoms with van der Waals surface area (Å²) in [6.45, 7) is 0. The molecule has 0 aromatic heterocycles. The Balaban J connectivity index is 1.92. The molecule has 0 saturated carbocycles. The van der Waals surface area contributed by atoms with Crippen LogP contribution < -0.4 is 11.1 Å². The molecule has 1 unspecified atom stereocenters. The van der Waals surface area contributed by atoms with Crippen molar-refractivity contribution in [1.29, 1.82) is 0 Å². The van der Waals surface area contributed by atoms with Crippen LogP contribution in [0, 0.1) is 0 Å². The molecule has 0 amide bonds. The van der Waals surface area contributed by atoms with E-state index >= 15 is 0 Å². The molecule has 3 rings (SSSR count). The smallest absolute Gasteiger partial charge is 0.147 e.